The lowest BCUT2D eigenvalue weighted by Crippen LogP contribution is -2.61. The standard InChI is InChI=1S/C33H42O8Si3/c1-38-32(36)30(34)28-19-13-11-15-25(28)21-23-42(3,4)40-44(7,27-17-9-8-10-18-27)41-43(5,6)24-22-26-16-12-14-20-29(26)31(35)33(37)39-2/h8-20H,21-24H2,1-7H3. The van der Waals surface area contributed by atoms with Crippen molar-refractivity contribution < 1.29 is 36.9 Å². The third-order valence-electron chi connectivity index (χ3n) is 7.50. The fourth-order valence-corrected chi connectivity index (χ4v) is 18.5. The Labute approximate surface area is 263 Å². The van der Waals surface area contributed by atoms with Gasteiger partial charge in [-0.05, 0) is 74.0 Å². The highest BCUT2D eigenvalue weighted by atomic mass is 28.5. The Balaban J connectivity index is 1.82. The molecule has 0 heterocycles. The molecule has 0 bridgehead atoms. The second kappa shape index (κ2) is 15.0. The molecule has 234 valence electrons. The molecule has 0 atom stereocenters. The van der Waals surface area contributed by atoms with Crippen LogP contribution in [0, 0.1) is 0 Å². The predicted octanol–water partition coefficient (Wildman–Crippen LogP) is 5.61. The van der Waals surface area contributed by atoms with Crippen LogP contribution in [-0.2, 0) is 40.1 Å². The summed E-state index contributed by atoms with van der Waals surface area (Å²) in [5.41, 5.74) is 2.27. The summed E-state index contributed by atoms with van der Waals surface area (Å²) >= 11 is 0. The fraction of sp³-hybridized carbons (Fsp3) is 0.333. The van der Waals surface area contributed by atoms with E-state index in [1.807, 2.05) is 42.5 Å². The average molecular weight is 651 g/mol. The molecule has 0 N–H and O–H groups in total. The van der Waals surface area contributed by atoms with Crippen LogP contribution in [0.5, 0.6) is 0 Å². The highest BCUT2D eigenvalue weighted by Gasteiger charge is 2.44. The summed E-state index contributed by atoms with van der Waals surface area (Å²) in [4.78, 5) is 49.1. The van der Waals surface area contributed by atoms with Crippen molar-refractivity contribution in [2.75, 3.05) is 14.2 Å². The monoisotopic (exact) mass is 650 g/mol. The molecule has 0 spiro atoms. The third kappa shape index (κ3) is 9.26. The molecule has 3 rings (SSSR count). The zero-order chi connectivity index (χ0) is 32.5. The minimum absolute atomic E-state index is 0.350. The summed E-state index contributed by atoms with van der Waals surface area (Å²) in [5, 5.41) is 1.03. The summed E-state index contributed by atoms with van der Waals surface area (Å²) in [6, 6.07) is 25.7. The SMILES string of the molecule is COC(=O)C(=O)c1ccccc1CC[Si](C)(C)O[Si](C)(O[Si](C)(C)CCc1ccccc1C(=O)C(=O)OC)c1ccccc1. The van der Waals surface area contributed by atoms with Crippen molar-refractivity contribution in [2.24, 2.45) is 0 Å². The summed E-state index contributed by atoms with van der Waals surface area (Å²) in [6.07, 6.45) is 1.15. The van der Waals surface area contributed by atoms with Crippen LogP contribution in [0.3, 0.4) is 0 Å². The zero-order valence-electron chi connectivity index (χ0n) is 26.6. The van der Waals surface area contributed by atoms with E-state index >= 15 is 0 Å². The Morgan fingerprint density at radius 1 is 0.545 bits per heavy atom. The molecule has 0 aliphatic heterocycles. The highest BCUT2D eigenvalue weighted by Crippen LogP contribution is 2.28. The molecule has 3 aromatic carbocycles. The van der Waals surface area contributed by atoms with Crippen LogP contribution >= 0.6 is 0 Å². The molecular weight excluding hydrogens is 609 g/mol. The van der Waals surface area contributed by atoms with Crippen molar-refractivity contribution in [2.45, 2.75) is 57.7 Å². The Hall–Kier alpha value is -3.49. The fourth-order valence-electron chi connectivity index (χ4n) is 5.23. The van der Waals surface area contributed by atoms with Gasteiger partial charge in [-0.2, -0.15) is 0 Å². The smallest absolute Gasteiger partial charge is 0.379 e. The molecule has 0 radical (unpaired) electrons. The first-order chi connectivity index (χ1) is 20.7. The van der Waals surface area contributed by atoms with E-state index in [9.17, 15) is 19.2 Å². The van der Waals surface area contributed by atoms with Crippen LogP contribution in [-0.4, -0.2) is 62.9 Å². The lowest BCUT2D eigenvalue weighted by molar-refractivity contribution is -0.135. The second-order valence-corrected chi connectivity index (χ2v) is 24.1. The van der Waals surface area contributed by atoms with E-state index in [-0.39, 0.29) is 0 Å². The summed E-state index contributed by atoms with van der Waals surface area (Å²) < 4.78 is 23.5. The molecule has 0 aromatic heterocycles. The number of rotatable bonds is 15. The Bertz CT molecular complexity index is 1400. The van der Waals surface area contributed by atoms with E-state index in [1.165, 1.54) is 14.2 Å². The summed E-state index contributed by atoms with van der Waals surface area (Å²) in [5.74, 6) is -3.07. The lowest BCUT2D eigenvalue weighted by atomic mass is 10.0. The van der Waals surface area contributed by atoms with Crippen molar-refractivity contribution in [1.29, 1.82) is 0 Å². The molecule has 11 heteroatoms. The topological polar surface area (TPSA) is 105 Å². The van der Waals surface area contributed by atoms with E-state index in [0.29, 0.717) is 36.1 Å². The highest BCUT2D eigenvalue weighted by molar-refractivity contribution is 6.94. The van der Waals surface area contributed by atoms with Crippen LogP contribution < -0.4 is 5.19 Å². The van der Waals surface area contributed by atoms with Gasteiger partial charge in [-0.3, -0.25) is 9.59 Å². The van der Waals surface area contributed by atoms with E-state index in [4.69, 9.17) is 8.23 Å². The Morgan fingerprint density at radius 3 is 1.30 bits per heavy atom. The zero-order valence-corrected chi connectivity index (χ0v) is 29.6. The number of ketones is 2. The summed E-state index contributed by atoms with van der Waals surface area (Å²) in [7, 11) is -5.33. The first-order valence-electron chi connectivity index (χ1n) is 14.6. The van der Waals surface area contributed by atoms with Gasteiger partial charge in [0.15, 0.2) is 16.6 Å². The molecule has 3 aromatic rings. The van der Waals surface area contributed by atoms with E-state index in [0.717, 1.165) is 16.3 Å². The van der Waals surface area contributed by atoms with Crippen molar-refractivity contribution in [3.8, 4) is 0 Å². The van der Waals surface area contributed by atoms with Gasteiger partial charge < -0.3 is 17.7 Å². The number of methoxy groups -OCH3 is 2. The van der Waals surface area contributed by atoms with Gasteiger partial charge in [-0.25, -0.2) is 9.59 Å². The number of carbonyl (C=O) groups is 4. The normalized spacial score (nSPS) is 12.0. The largest absolute Gasteiger partial charge is 0.463 e. The molecule has 8 nitrogen and oxygen atoms in total. The van der Waals surface area contributed by atoms with Crippen LogP contribution in [0.2, 0.25) is 44.8 Å². The average Bonchev–Trinajstić information content (AvgIpc) is 3.01. The van der Waals surface area contributed by atoms with Crippen LogP contribution in [0.15, 0.2) is 78.9 Å². The number of hydrogen-bond donors (Lipinski definition) is 0. The number of benzene rings is 3. The number of ether oxygens (including phenoxy) is 2. The first-order valence-corrected chi connectivity index (χ1v) is 23.1. The van der Waals surface area contributed by atoms with E-state index in [1.54, 1.807) is 24.3 Å². The van der Waals surface area contributed by atoms with Gasteiger partial charge in [0.05, 0.1) is 14.2 Å². The van der Waals surface area contributed by atoms with Gasteiger partial charge >= 0.3 is 20.5 Å². The quantitative estimate of drug-likeness (QED) is 0.0906. The Kier molecular flexibility index (Phi) is 11.9. The molecule has 44 heavy (non-hydrogen) atoms. The number of esters is 2. The molecule has 0 saturated heterocycles. The molecule has 0 aliphatic rings. The maximum Gasteiger partial charge on any atom is 0.379 e. The van der Waals surface area contributed by atoms with Crippen molar-refractivity contribution in [3.05, 3.63) is 101 Å². The Morgan fingerprint density at radius 2 is 0.909 bits per heavy atom. The van der Waals surface area contributed by atoms with E-state index < -0.39 is 48.7 Å². The van der Waals surface area contributed by atoms with Gasteiger partial charge in [0.1, 0.15) is 0 Å². The van der Waals surface area contributed by atoms with Crippen LogP contribution in [0.1, 0.15) is 31.8 Å². The van der Waals surface area contributed by atoms with E-state index in [2.05, 4.69) is 54.3 Å². The number of aryl methyl sites for hydroxylation is 2. The minimum Gasteiger partial charge on any atom is -0.463 e. The third-order valence-corrected chi connectivity index (χ3v) is 19.3. The molecule has 0 unspecified atom stereocenters. The first kappa shape index (κ1) is 35.0. The molecule has 0 aliphatic carbocycles. The number of carbonyl (C=O) groups excluding carboxylic acids is 4. The maximum absolute atomic E-state index is 12.6. The molecule has 0 fully saturated rings. The molecular formula is C33H42O8Si3. The molecule has 0 amide bonds. The maximum atomic E-state index is 12.6. The van der Waals surface area contributed by atoms with Gasteiger partial charge in [0, 0.05) is 11.1 Å². The van der Waals surface area contributed by atoms with Gasteiger partial charge in [-0.1, -0.05) is 78.9 Å². The molecule has 0 saturated carbocycles. The van der Waals surface area contributed by atoms with Gasteiger partial charge in [-0.15, -0.1) is 0 Å². The number of hydrogen-bond acceptors (Lipinski definition) is 8. The predicted molar refractivity (Wildman–Crippen MR) is 177 cm³/mol. The minimum atomic E-state index is -2.95. The number of Topliss-reactive ketones (excluding diaryl/α,β-unsaturated/α-hetero) is 2. The lowest BCUT2D eigenvalue weighted by Gasteiger charge is -2.41. The van der Waals surface area contributed by atoms with Crippen molar-refractivity contribution in [1.82, 2.24) is 0 Å². The van der Waals surface area contributed by atoms with Crippen molar-refractivity contribution >= 4 is 53.9 Å². The van der Waals surface area contributed by atoms with Crippen molar-refractivity contribution in [3.63, 3.8) is 0 Å². The summed E-state index contributed by atoms with van der Waals surface area (Å²) in [6.45, 7) is 10.7. The van der Waals surface area contributed by atoms with Crippen LogP contribution in [0.25, 0.3) is 0 Å². The second-order valence-electron chi connectivity index (χ2n) is 12.0. The van der Waals surface area contributed by atoms with Crippen LogP contribution in [0.4, 0.5) is 0 Å². The van der Waals surface area contributed by atoms with Gasteiger partial charge in [0.2, 0.25) is 0 Å². The van der Waals surface area contributed by atoms with Gasteiger partial charge in [0.25, 0.3) is 11.6 Å².